The summed E-state index contributed by atoms with van der Waals surface area (Å²) in [6.45, 7) is 0. The van der Waals surface area contributed by atoms with Crippen LogP contribution >= 0.6 is 0 Å². The minimum atomic E-state index is 0. The number of rotatable bonds is 1. The van der Waals surface area contributed by atoms with E-state index in [9.17, 15) is 5.11 Å². The maximum absolute atomic E-state index is 10.8. The Balaban J connectivity index is 0.000000980. The van der Waals surface area contributed by atoms with Crippen LogP contribution in [0.2, 0.25) is 0 Å². The summed E-state index contributed by atoms with van der Waals surface area (Å²) in [7, 11) is 0. The molecule has 0 atom stereocenters. The van der Waals surface area contributed by atoms with E-state index in [1.807, 2.05) is 0 Å². The summed E-state index contributed by atoms with van der Waals surface area (Å²) < 4.78 is 0. The van der Waals surface area contributed by atoms with Crippen molar-refractivity contribution in [1.29, 1.82) is 0 Å². The molecule has 0 N–H and O–H groups in total. The minimum Gasteiger partial charge on any atom is -0.872 e. The Morgan fingerprint density at radius 2 is 1.71 bits per heavy atom. The van der Waals surface area contributed by atoms with Crippen molar-refractivity contribution in [2.24, 2.45) is 0 Å². The summed E-state index contributed by atoms with van der Waals surface area (Å²) in [5.74, 6) is 0.0119. The van der Waals surface area contributed by atoms with Crippen LogP contribution in [0.5, 0.6) is 5.75 Å². The fourth-order valence-corrected chi connectivity index (χ4v) is 1.09. The summed E-state index contributed by atoms with van der Waals surface area (Å²) >= 11 is 0. The fourth-order valence-electron chi connectivity index (χ4n) is 1.09. The molecule has 0 fully saturated rings. The average Bonchev–Trinajstić information content (AvgIpc) is 2.20. The van der Waals surface area contributed by atoms with Crippen LogP contribution in [-0.2, 0) is 0 Å². The molecule has 0 unspecified atom stereocenters. The zero-order chi connectivity index (χ0) is 9.10. The predicted molar refractivity (Wildman–Crippen MR) is 46.9 cm³/mol. The standard InChI is InChI=1S/C10H8N2O.Na/c13-9-3-1-8(2-4-9)10-5-6-11-7-12-10;/h1-7,13H;/q;+1/p-1. The molecule has 2 rings (SSSR count). The summed E-state index contributed by atoms with van der Waals surface area (Å²) in [4.78, 5) is 7.88. The van der Waals surface area contributed by atoms with Crippen LogP contribution in [0.4, 0.5) is 0 Å². The van der Waals surface area contributed by atoms with E-state index in [0.717, 1.165) is 11.3 Å². The van der Waals surface area contributed by atoms with Crippen LogP contribution in [0.15, 0.2) is 42.9 Å². The number of benzene rings is 1. The van der Waals surface area contributed by atoms with E-state index in [-0.39, 0.29) is 35.3 Å². The topological polar surface area (TPSA) is 48.8 Å². The molecule has 2 aromatic rings. The van der Waals surface area contributed by atoms with E-state index in [1.165, 1.54) is 18.5 Å². The molecule has 0 saturated heterocycles. The van der Waals surface area contributed by atoms with Crippen LogP contribution in [0, 0.1) is 0 Å². The van der Waals surface area contributed by atoms with Crippen LogP contribution < -0.4 is 34.7 Å². The molecule has 0 radical (unpaired) electrons. The number of nitrogens with zero attached hydrogens (tertiary/aromatic N) is 2. The second kappa shape index (κ2) is 5.10. The van der Waals surface area contributed by atoms with Crippen molar-refractivity contribution in [1.82, 2.24) is 9.97 Å². The van der Waals surface area contributed by atoms with Gasteiger partial charge in [0.2, 0.25) is 0 Å². The maximum Gasteiger partial charge on any atom is 1.00 e. The zero-order valence-electron chi connectivity index (χ0n) is 7.84. The van der Waals surface area contributed by atoms with Crippen molar-refractivity contribution < 1.29 is 34.7 Å². The largest absolute Gasteiger partial charge is 1.00 e. The molecule has 3 nitrogen and oxygen atoms in total. The third kappa shape index (κ3) is 2.54. The van der Waals surface area contributed by atoms with Crippen molar-refractivity contribution in [3.8, 4) is 17.0 Å². The molecule has 1 heterocycles. The maximum atomic E-state index is 10.8. The first-order chi connectivity index (χ1) is 6.36. The van der Waals surface area contributed by atoms with Gasteiger partial charge in [0.25, 0.3) is 0 Å². The molecule has 4 heteroatoms. The summed E-state index contributed by atoms with van der Waals surface area (Å²) in [6, 6.07) is 8.37. The van der Waals surface area contributed by atoms with Gasteiger partial charge in [0.1, 0.15) is 6.33 Å². The third-order valence-corrected chi connectivity index (χ3v) is 1.73. The van der Waals surface area contributed by atoms with Crippen molar-refractivity contribution in [2.45, 2.75) is 0 Å². The van der Waals surface area contributed by atoms with Crippen molar-refractivity contribution in [3.05, 3.63) is 42.9 Å². The Morgan fingerprint density at radius 1 is 1.00 bits per heavy atom. The van der Waals surface area contributed by atoms with Gasteiger partial charge in [-0.25, -0.2) is 9.97 Å². The molecule has 0 aliphatic rings. The average molecular weight is 194 g/mol. The van der Waals surface area contributed by atoms with Crippen LogP contribution in [0.25, 0.3) is 11.3 Å². The van der Waals surface area contributed by atoms with Gasteiger partial charge in [-0.2, -0.15) is 0 Å². The molecule has 14 heavy (non-hydrogen) atoms. The van der Waals surface area contributed by atoms with Gasteiger partial charge in [0.05, 0.1) is 5.69 Å². The van der Waals surface area contributed by atoms with Gasteiger partial charge >= 0.3 is 29.6 Å². The summed E-state index contributed by atoms with van der Waals surface area (Å²) in [5, 5.41) is 10.8. The minimum absolute atomic E-state index is 0. The van der Waals surface area contributed by atoms with E-state index < -0.39 is 0 Å². The van der Waals surface area contributed by atoms with Gasteiger partial charge in [-0.05, 0) is 6.07 Å². The van der Waals surface area contributed by atoms with E-state index in [4.69, 9.17) is 0 Å². The Morgan fingerprint density at radius 3 is 2.29 bits per heavy atom. The molecule has 0 bridgehead atoms. The molecular formula is C10H7N2NaO. The first-order valence-corrected chi connectivity index (χ1v) is 3.90. The Bertz CT molecular complexity index is 389. The van der Waals surface area contributed by atoms with E-state index in [0.29, 0.717) is 0 Å². The summed E-state index contributed by atoms with van der Waals surface area (Å²) in [5.41, 5.74) is 1.76. The number of hydrogen-bond donors (Lipinski definition) is 0. The van der Waals surface area contributed by atoms with Gasteiger partial charge in [-0.1, -0.05) is 24.3 Å². The smallest absolute Gasteiger partial charge is 0.872 e. The molecular weight excluding hydrogens is 187 g/mol. The van der Waals surface area contributed by atoms with Crippen molar-refractivity contribution in [3.63, 3.8) is 0 Å². The predicted octanol–water partition coefficient (Wildman–Crippen LogP) is -1.78. The van der Waals surface area contributed by atoms with Crippen LogP contribution in [0.1, 0.15) is 0 Å². The Kier molecular flexibility index (Phi) is 4.07. The third-order valence-electron chi connectivity index (χ3n) is 1.73. The van der Waals surface area contributed by atoms with E-state index in [2.05, 4.69) is 9.97 Å². The molecule has 1 aromatic carbocycles. The van der Waals surface area contributed by atoms with E-state index >= 15 is 0 Å². The first-order valence-electron chi connectivity index (χ1n) is 3.90. The molecule has 0 spiro atoms. The molecule has 64 valence electrons. The SMILES string of the molecule is [Na+].[O-]c1ccc(-c2ccncn2)cc1. The molecule has 0 amide bonds. The fraction of sp³-hybridized carbons (Fsp3) is 0. The summed E-state index contributed by atoms with van der Waals surface area (Å²) in [6.07, 6.45) is 3.16. The molecule has 1 aromatic heterocycles. The Labute approximate surface area is 104 Å². The monoisotopic (exact) mass is 194 g/mol. The van der Waals surface area contributed by atoms with Gasteiger partial charge in [0, 0.05) is 11.8 Å². The van der Waals surface area contributed by atoms with Crippen molar-refractivity contribution in [2.75, 3.05) is 0 Å². The van der Waals surface area contributed by atoms with Crippen LogP contribution in [0.3, 0.4) is 0 Å². The number of hydrogen-bond acceptors (Lipinski definition) is 3. The van der Waals surface area contributed by atoms with Crippen molar-refractivity contribution >= 4 is 0 Å². The van der Waals surface area contributed by atoms with E-state index in [1.54, 1.807) is 24.4 Å². The van der Waals surface area contributed by atoms with Gasteiger partial charge < -0.3 is 5.11 Å². The first kappa shape index (κ1) is 11.2. The second-order valence-electron chi connectivity index (χ2n) is 2.62. The Hall–Kier alpha value is -0.900. The van der Waals surface area contributed by atoms with Gasteiger partial charge in [0.15, 0.2) is 0 Å². The molecule has 0 aliphatic heterocycles. The van der Waals surface area contributed by atoms with Gasteiger partial charge in [-0.15, -0.1) is 5.75 Å². The molecule has 0 saturated carbocycles. The zero-order valence-corrected chi connectivity index (χ0v) is 9.84. The number of aromatic nitrogens is 2. The molecule has 0 aliphatic carbocycles. The van der Waals surface area contributed by atoms with Crippen LogP contribution in [-0.4, -0.2) is 9.97 Å². The quantitative estimate of drug-likeness (QED) is 0.504. The second-order valence-corrected chi connectivity index (χ2v) is 2.62. The normalized spacial score (nSPS) is 9.14. The van der Waals surface area contributed by atoms with Gasteiger partial charge in [-0.3, -0.25) is 0 Å².